The van der Waals surface area contributed by atoms with Crippen molar-refractivity contribution in [1.29, 1.82) is 0 Å². The van der Waals surface area contributed by atoms with Crippen LogP contribution in [0.5, 0.6) is 0 Å². The lowest BCUT2D eigenvalue weighted by Crippen LogP contribution is -2.23. The first kappa shape index (κ1) is 14.0. The summed E-state index contributed by atoms with van der Waals surface area (Å²) in [5.41, 5.74) is 8.04. The summed E-state index contributed by atoms with van der Waals surface area (Å²) in [6, 6.07) is 9.86. The van der Waals surface area contributed by atoms with Crippen LogP contribution in [0.25, 0.3) is 0 Å². The summed E-state index contributed by atoms with van der Waals surface area (Å²) < 4.78 is 5.42. The van der Waals surface area contributed by atoms with Crippen molar-refractivity contribution in [2.24, 2.45) is 5.73 Å². The van der Waals surface area contributed by atoms with Gasteiger partial charge in [-0.05, 0) is 55.8 Å². The van der Waals surface area contributed by atoms with E-state index < -0.39 is 0 Å². The lowest BCUT2D eigenvalue weighted by atomic mass is 10.1. The van der Waals surface area contributed by atoms with Crippen molar-refractivity contribution in [2.45, 2.75) is 19.9 Å². The number of anilines is 1. The summed E-state index contributed by atoms with van der Waals surface area (Å²) in [6.07, 6.45) is 2.52. The molecule has 0 aliphatic carbocycles. The molecule has 0 atom stereocenters. The van der Waals surface area contributed by atoms with Crippen LogP contribution in [0.1, 0.15) is 18.2 Å². The van der Waals surface area contributed by atoms with Crippen LogP contribution in [-0.2, 0) is 13.0 Å². The van der Waals surface area contributed by atoms with Crippen LogP contribution in [0.2, 0.25) is 5.02 Å². The Balaban J connectivity index is 2.26. The van der Waals surface area contributed by atoms with E-state index in [1.807, 2.05) is 24.3 Å². The second-order valence-corrected chi connectivity index (χ2v) is 4.84. The minimum absolute atomic E-state index is 0.617. The fourth-order valence-electron chi connectivity index (χ4n) is 2.18. The number of nitrogens with zero attached hydrogens (tertiary/aromatic N) is 1. The zero-order valence-electron chi connectivity index (χ0n) is 11.1. The number of benzene rings is 1. The molecule has 0 aliphatic heterocycles. The molecule has 4 heteroatoms. The van der Waals surface area contributed by atoms with Crippen LogP contribution >= 0.6 is 11.6 Å². The summed E-state index contributed by atoms with van der Waals surface area (Å²) in [5.74, 6) is 0.954. The predicted octanol–water partition coefficient (Wildman–Crippen LogP) is 3.46. The largest absolute Gasteiger partial charge is 0.467 e. The van der Waals surface area contributed by atoms with Crippen LogP contribution in [0.15, 0.2) is 41.0 Å². The molecule has 0 aliphatic rings. The molecule has 0 amide bonds. The molecule has 0 saturated heterocycles. The summed E-state index contributed by atoms with van der Waals surface area (Å²) >= 11 is 6.07. The van der Waals surface area contributed by atoms with Gasteiger partial charge in [-0.3, -0.25) is 0 Å². The molecular weight excluding hydrogens is 260 g/mol. The highest BCUT2D eigenvalue weighted by Gasteiger charge is 2.11. The van der Waals surface area contributed by atoms with E-state index in [0.717, 1.165) is 30.3 Å². The molecule has 1 heterocycles. The molecule has 0 radical (unpaired) electrons. The summed E-state index contributed by atoms with van der Waals surface area (Å²) in [6.45, 7) is 4.40. The Bertz CT molecular complexity index is 511. The normalized spacial score (nSPS) is 10.7. The molecule has 0 bridgehead atoms. The Morgan fingerprint density at radius 3 is 2.79 bits per heavy atom. The van der Waals surface area contributed by atoms with Crippen molar-refractivity contribution in [3.8, 4) is 0 Å². The standard InChI is InChI=1S/C15H19ClN2O/c1-2-18(11-14-4-3-9-19-14)15-6-5-13(16)10-12(15)7-8-17/h3-6,9-10H,2,7-8,11,17H2,1H3. The lowest BCUT2D eigenvalue weighted by molar-refractivity contribution is 0.503. The third-order valence-electron chi connectivity index (χ3n) is 3.10. The number of hydrogen-bond acceptors (Lipinski definition) is 3. The monoisotopic (exact) mass is 278 g/mol. The minimum atomic E-state index is 0.617. The van der Waals surface area contributed by atoms with E-state index in [1.54, 1.807) is 6.26 Å². The molecule has 2 N–H and O–H groups in total. The van der Waals surface area contributed by atoms with Crippen LogP contribution < -0.4 is 10.6 Å². The van der Waals surface area contributed by atoms with Gasteiger partial charge in [-0.15, -0.1) is 0 Å². The highest BCUT2D eigenvalue weighted by molar-refractivity contribution is 6.30. The molecule has 102 valence electrons. The molecule has 2 rings (SSSR count). The number of nitrogens with two attached hydrogens (primary N) is 1. The fraction of sp³-hybridized carbons (Fsp3) is 0.333. The van der Waals surface area contributed by atoms with Gasteiger partial charge in [0.2, 0.25) is 0 Å². The summed E-state index contributed by atoms with van der Waals surface area (Å²) in [5, 5.41) is 0.751. The van der Waals surface area contributed by atoms with Crippen molar-refractivity contribution < 1.29 is 4.42 Å². The van der Waals surface area contributed by atoms with Gasteiger partial charge in [0.1, 0.15) is 5.76 Å². The zero-order chi connectivity index (χ0) is 13.7. The molecule has 0 spiro atoms. The van der Waals surface area contributed by atoms with E-state index >= 15 is 0 Å². The quantitative estimate of drug-likeness (QED) is 0.880. The molecule has 19 heavy (non-hydrogen) atoms. The molecule has 2 aromatic rings. The number of hydrogen-bond donors (Lipinski definition) is 1. The maximum Gasteiger partial charge on any atom is 0.123 e. The molecule has 0 saturated carbocycles. The first-order chi connectivity index (χ1) is 9.24. The van der Waals surface area contributed by atoms with Crippen molar-refractivity contribution in [2.75, 3.05) is 18.0 Å². The summed E-state index contributed by atoms with van der Waals surface area (Å²) in [4.78, 5) is 2.26. The smallest absolute Gasteiger partial charge is 0.123 e. The van der Waals surface area contributed by atoms with Crippen LogP contribution in [0.3, 0.4) is 0 Å². The third-order valence-corrected chi connectivity index (χ3v) is 3.34. The van der Waals surface area contributed by atoms with Crippen LogP contribution in [0, 0.1) is 0 Å². The van der Waals surface area contributed by atoms with E-state index in [2.05, 4.69) is 17.9 Å². The van der Waals surface area contributed by atoms with Gasteiger partial charge in [-0.25, -0.2) is 0 Å². The van der Waals surface area contributed by atoms with Gasteiger partial charge in [0.25, 0.3) is 0 Å². The van der Waals surface area contributed by atoms with E-state index in [4.69, 9.17) is 21.8 Å². The maximum atomic E-state index is 6.07. The van der Waals surface area contributed by atoms with E-state index in [-0.39, 0.29) is 0 Å². The maximum absolute atomic E-state index is 6.07. The second kappa shape index (κ2) is 6.64. The zero-order valence-corrected chi connectivity index (χ0v) is 11.9. The Kier molecular flexibility index (Phi) is 4.88. The Hall–Kier alpha value is -1.45. The Morgan fingerprint density at radius 1 is 1.32 bits per heavy atom. The third kappa shape index (κ3) is 3.52. The van der Waals surface area contributed by atoms with Gasteiger partial charge in [0.15, 0.2) is 0 Å². The topological polar surface area (TPSA) is 42.4 Å². The molecule has 1 aromatic heterocycles. The van der Waals surface area contributed by atoms with Gasteiger partial charge in [0, 0.05) is 17.3 Å². The molecule has 0 fully saturated rings. The minimum Gasteiger partial charge on any atom is -0.467 e. The highest BCUT2D eigenvalue weighted by Crippen LogP contribution is 2.26. The second-order valence-electron chi connectivity index (χ2n) is 4.41. The van der Waals surface area contributed by atoms with Gasteiger partial charge < -0.3 is 15.1 Å². The van der Waals surface area contributed by atoms with E-state index in [9.17, 15) is 0 Å². The van der Waals surface area contributed by atoms with Crippen molar-refractivity contribution >= 4 is 17.3 Å². The Labute approximate surface area is 119 Å². The van der Waals surface area contributed by atoms with Crippen molar-refractivity contribution in [3.05, 3.63) is 52.9 Å². The first-order valence-electron chi connectivity index (χ1n) is 6.50. The lowest BCUT2D eigenvalue weighted by Gasteiger charge is -2.25. The van der Waals surface area contributed by atoms with Crippen LogP contribution in [-0.4, -0.2) is 13.1 Å². The van der Waals surface area contributed by atoms with Crippen LogP contribution in [0.4, 0.5) is 5.69 Å². The van der Waals surface area contributed by atoms with E-state index in [0.29, 0.717) is 6.54 Å². The molecule has 3 nitrogen and oxygen atoms in total. The highest BCUT2D eigenvalue weighted by atomic mass is 35.5. The van der Waals surface area contributed by atoms with Gasteiger partial charge in [-0.1, -0.05) is 11.6 Å². The molecule has 1 aromatic carbocycles. The average molecular weight is 279 g/mol. The molecule has 0 unspecified atom stereocenters. The number of furan rings is 1. The number of rotatable bonds is 6. The number of halogens is 1. The molecular formula is C15H19ClN2O. The Morgan fingerprint density at radius 2 is 2.16 bits per heavy atom. The van der Waals surface area contributed by atoms with Gasteiger partial charge in [0.05, 0.1) is 12.8 Å². The van der Waals surface area contributed by atoms with Gasteiger partial charge >= 0.3 is 0 Å². The van der Waals surface area contributed by atoms with Gasteiger partial charge in [-0.2, -0.15) is 0 Å². The average Bonchev–Trinajstić information content (AvgIpc) is 2.90. The van der Waals surface area contributed by atoms with Crippen molar-refractivity contribution in [3.63, 3.8) is 0 Å². The predicted molar refractivity (Wildman–Crippen MR) is 79.6 cm³/mol. The fourth-order valence-corrected chi connectivity index (χ4v) is 2.37. The van der Waals surface area contributed by atoms with E-state index in [1.165, 1.54) is 11.3 Å². The SMILES string of the molecule is CCN(Cc1ccco1)c1ccc(Cl)cc1CCN. The van der Waals surface area contributed by atoms with Crippen molar-refractivity contribution in [1.82, 2.24) is 0 Å². The summed E-state index contributed by atoms with van der Waals surface area (Å²) in [7, 11) is 0. The first-order valence-corrected chi connectivity index (χ1v) is 6.88.